The first-order valence-electron chi connectivity index (χ1n) is 19.9. The number of phenols is 1. The molecule has 5 N–H and O–H groups in total. The van der Waals surface area contributed by atoms with Crippen molar-refractivity contribution >= 4 is 23.9 Å². The molecule has 4 aliphatic rings. The predicted octanol–water partition coefficient (Wildman–Crippen LogP) is 4.06. The van der Waals surface area contributed by atoms with Crippen LogP contribution in [-0.4, -0.2) is 99.7 Å². The number of ether oxygens (including phenoxy) is 3. The quantitative estimate of drug-likeness (QED) is 0.103. The second-order valence-corrected chi connectivity index (χ2v) is 15.4. The number of aliphatic hydroxyl groups excluding tert-OH is 2. The third kappa shape index (κ3) is 8.62. The van der Waals surface area contributed by atoms with Gasteiger partial charge in [0.15, 0.2) is 11.8 Å². The molecule has 0 radical (unpaired) electrons. The summed E-state index contributed by atoms with van der Waals surface area (Å²) in [5.41, 5.74) is 0.967. The van der Waals surface area contributed by atoms with Crippen molar-refractivity contribution in [3.05, 3.63) is 71.3 Å². The Balaban J connectivity index is 1.32. The molecule has 3 saturated heterocycles. The zero-order chi connectivity index (χ0) is 39.2. The largest absolute Gasteiger partial charge is 0.508 e. The summed E-state index contributed by atoms with van der Waals surface area (Å²) < 4.78 is 19.9. The van der Waals surface area contributed by atoms with E-state index in [0.29, 0.717) is 19.3 Å². The number of para-hydroxylation sites is 1. The molecule has 3 heterocycles. The van der Waals surface area contributed by atoms with Crippen molar-refractivity contribution in [2.75, 3.05) is 13.2 Å². The van der Waals surface area contributed by atoms with Crippen LogP contribution < -0.4 is 10.6 Å². The lowest BCUT2D eigenvalue weighted by Crippen LogP contribution is -2.71. The standard InChI is InChI=1S/C42H57N3O10/c1-4-6-10-20-41(21-11-7-5-2)53-34-32-25-42(40(51)44-33(27(3)47)38(49)43-22-23-46)36(39(50)52-32)45(55-37(42)35(34)54-41)26-29-16-12-14-28(24-29)15-13-18-30-17-8-9-19-31(30)48/h8-9,12-17,19,24,27,32-37,46-48H,4-7,10-11,18,20-23,25-26H2,1-3H3,(H,43,49)(H,44,51)/t27-,32+,33+,34-,35-,36+,37+,42+/m0/s1. The summed E-state index contributed by atoms with van der Waals surface area (Å²) in [6.45, 7) is 5.42. The van der Waals surface area contributed by atoms with E-state index in [1.165, 1.54) is 12.0 Å². The molecule has 0 unspecified atom stereocenters. The lowest BCUT2D eigenvalue weighted by atomic mass is 9.62. The number of unbranched alkanes of at least 4 members (excludes halogenated alkanes) is 4. The van der Waals surface area contributed by atoms with Crippen LogP contribution in [-0.2, 0) is 46.4 Å². The number of carbonyl (C=O) groups excluding carboxylic acids is 3. The fourth-order valence-corrected chi connectivity index (χ4v) is 8.65. The molecule has 2 aromatic carbocycles. The highest BCUT2D eigenvalue weighted by atomic mass is 16.8. The van der Waals surface area contributed by atoms with Crippen LogP contribution in [0.3, 0.4) is 0 Å². The number of hydrogen-bond donors (Lipinski definition) is 5. The van der Waals surface area contributed by atoms with Crippen LogP contribution in [0.1, 0.15) is 95.2 Å². The maximum Gasteiger partial charge on any atom is 0.327 e. The Kier molecular flexibility index (Phi) is 13.3. The molecule has 13 heteroatoms. The Morgan fingerprint density at radius 3 is 2.44 bits per heavy atom. The van der Waals surface area contributed by atoms with Crippen molar-refractivity contribution in [2.24, 2.45) is 5.41 Å². The molecule has 1 aliphatic carbocycles. The lowest BCUT2D eigenvalue weighted by Gasteiger charge is -2.49. The third-order valence-electron chi connectivity index (χ3n) is 11.4. The zero-order valence-electron chi connectivity index (χ0n) is 32.2. The van der Waals surface area contributed by atoms with E-state index in [2.05, 4.69) is 24.5 Å². The Morgan fingerprint density at radius 1 is 1.02 bits per heavy atom. The molecule has 55 heavy (non-hydrogen) atoms. The number of nitrogens with zero attached hydrogens (tertiary/aromatic N) is 1. The van der Waals surface area contributed by atoms with Crippen LogP contribution in [0.5, 0.6) is 5.75 Å². The number of nitrogens with one attached hydrogen (secondary N) is 2. The number of rotatable bonds is 19. The van der Waals surface area contributed by atoms with Crippen LogP contribution in [0.2, 0.25) is 0 Å². The van der Waals surface area contributed by atoms with Crippen molar-refractivity contribution in [3.63, 3.8) is 0 Å². The van der Waals surface area contributed by atoms with Gasteiger partial charge >= 0.3 is 5.97 Å². The minimum atomic E-state index is -1.55. The molecule has 6 rings (SSSR count). The molecule has 2 bridgehead atoms. The van der Waals surface area contributed by atoms with Crippen molar-refractivity contribution in [1.29, 1.82) is 0 Å². The van der Waals surface area contributed by atoms with Gasteiger partial charge in [-0.25, -0.2) is 0 Å². The van der Waals surface area contributed by atoms with Gasteiger partial charge in [-0.1, -0.05) is 94.1 Å². The Bertz CT molecular complexity index is 1670. The topological polar surface area (TPSA) is 176 Å². The van der Waals surface area contributed by atoms with E-state index in [4.69, 9.17) is 19.0 Å². The van der Waals surface area contributed by atoms with E-state index in [0.717, 1.165) is 55.2 Å². The molecule has 3 aliphatic heterocycles. The van der Waals surface area contributed by atoms with Crippen molar-refractivity contribution in [1.82, 2.24) is 15.7 Å². The molecular weight excluding hydrogens is 706 g/mol. The summed E-state index contributed by atoms with van der Waals surface area (Å²) in [4.78, 5) is 48.9. The van der Waals surface area contributed by atoms with Crippen LogP contribution in [0.25, 0.3) is 6.08 Å². The molecule has 0 aromatic heterocycles. The van der Waals surface area contributed by atoms with Gasteiger partial charge < -0.3 is 40.2 Å². The first-order chi connectivity index (χ1) is 26.6. The summed E-state index contributed by atoms with van der Waals surface area (Å²) in [6, 6.07) is 12.4. The fourth-order valence-electron chi connectivity index (χ4n) is 8.65. The maximum atomic E-state index is 14.8. The number of fused-ring (bicyclic) bond motifs is 4. The molecule has 13 nitrogen and oxygen atoms in total. The summed E-state index contributed by atoms with van der Waals surface area (Å²) in [5, 5.41) is 36.9. The summed E-state index contributed by atoms with van der Waals surface area (Å²) in [5.74, 6) is -2.63. The highest BCUT2D eigenvalue weighted by Gasteiger charge is 2.76. The Hall–Kier alpha value is -3.85. The van der Waals surface area contributed by atoms with Gasteiger partial charge in [-0.2, -0.15) is 5.06 Å². The number of aromatic hydroxyl groups is 1. The van der Waals surface area contributed by atoms with Gasteiger partial charge in [-0.15, -0.1) is 0 Å². The van der Waals surface area contributed by atoms with Gasteiger partial charge in [-0.05, 0) is 48.9 Å². The number of hydrogen-bond acceptors (Lipinski definition) is 11. The van der Waals surface area contributed by atoms with Gasteiger partial charge in [-0.3, -0.25) is 19.2 Å². The number of aliphatic hydroxyl groups is 2. The van der Waals surface area contributed by atoms with E-state index in [-0.39, 0.29) is 31.9 Å². The third-order valence-corrected chi connectivity index (χ3v) is 11.4. The molecule has 4 fully saturated rings. The van der Waals surface area contributed by atoms with E-state index in [9.17, 15) is 29.7 Å². The monoisotopic (exact) mass is 763 g/mol. The van der Waals surface area contributed by atoms with E-state index in [1.807, 2.05) is 48.6 Å². The van der Waals surface area contributed by atoms with Gasteiger partial charge in [0, 0.05) is 25.8 Å². The van der Waals surface area contributed by atoms with Crippen LogP contribution in [0.4, 0.5) is 0 Å². The van der Waals surface area contributed by atoms with E-state index in [1.54, 1.807) is 12.1 Å². The molecule has 8 atom stereocenters. The minimum Gasteiger partial charge on any atom is -0.508 e. The van der Waals surface area contributed by atoms with Crippen molar-refractivity contribution in [2.45, 2.75) is 140 Å². The summed E-state index contributed by atoms with van der Waals surface area (Å²) in [7, 11) is 0. The SMILES string of the molecule is CCCCCC1(CCCCC)O[C@@H]2[C@H](O1)[C@H]1ON(Cc3cccc(C=CCc4ccccc4O)c3)[C@@H]3C(=O)O[C@@H]2C[C@]13C(=O)N[C@@H](C(=O)NCCO)[C@H](C)O. The second kappa shape index (κ2) is 18.0. The average molecular weight is 764 g/mol. The average Bonchev–Trinajstić information content (AvgIpc) is 3.72. The maximum absolute atomic E-state index is 14.8. The minimum absolute atomic E-state index is 0.0599. The molecule has 1 saturated carbocycles. The fraction of sp³-hybridized carbons (Fsp3) is 0.595. The second-order valence-electron chi connectivity index (χ2n) is 15.4. The number of phenolic OH excluding ortho intramolecular Hbond substituents is 1. The highest BCUT2D eigenvalue weighted by Crippen LogP contribution is 2.58. The molecular formula is C42H57N3O10. The van der Waals surface area contributed by atoms with Crippen molar-refractivity contribution in [3.8, 4) is 5.75 Å². The first kappa shape index (κ1) is 40.8. The number of amides is 2. The first-order valence-corrected chi connectivity index (χ1v) is 19.9. The van der Waals surface area contributed by atoms with Gasteiger partial charge in [0.1, 0.15) is 41.6 Å². The smallest absolute Gasteiger partial charge is 0.327 e. The number of hydroxylamine groups is 2. The number of allylic oxidation sites excluding steroid dienone is 1. The normalized spacial score (nSPS) is 27.7. The zero-order valence-corrected chi connectivity index (χ0v) is 32.2. The Morgan fingerprint density at radius 2 is 1.75 bits per heavy atom. The van der Waals surface area contributed by atoms with Crippen molar-refractivity contribution < 1.29 is 48.8 Å². The highest BCUT2D eigenvalue weighted by molar-refractivity contribution is 5.96. The molecule has 2 amide bonds. The molecule has 2 aromatic rings. The van der Waals surface area contributed by atoms with E-state index < -0.39 is 71.6 Å². The predicted molar refractivity (Wildman–Crippen MR) is 203 cm³/mol. The lowest BCUT2D eigenvalue weighted by molar-refractivity contribution is -0.224. The summed E-state index contributed by atoms with van der Waals surface area (Å²) >= 11 is 0. The van der Waals surface area contributed by atoms with Crippen LogP contribution >= 0.6 is 0 Å². The Labute approximate surface area is 323 Å². The number of benzene rings is 2. The number of esters is 1. The molecule has 300 valence electrons. The van der Waals surface area contributed by atoms with Crippen LogP contribution in [0.15, 0.2) is 54.6 Å². The van der Waals surface area contributed by atoms with Gasteiger partial charge in [0.25, 0.3) is 0 Å². The van der Waals surface area contributed by atoms with Gasteiger partial charge in [0.05, 0.1) is 19.3 Å². The van der Waals surface area contributed by atoms with Crippen LogP contribution in [0, 0.1) is 5.41 Å². The van der Waals surface area contributed by atoms with Gasteiger partial charge in [0.2, 0.25) is 11.8 Å². The van der Waals surface area contributed by atoms with E-state index >= 15 is 0 Å². The number of carbonyl (C=O) groups is 3. The summed E-state index contributed by atoms with van der Waals surface area (Å²) in [6.07, 6.45) is 7.16. The molecule has 0 spiro atoms.